The maximum absolute atomic E-state index is 13.8. The second-order valence-electron chi connectivity index (χ2n) is 6.04. The largest absolute Gasteiger partial charge is 0.245 e. The van der Waals surface area contributed by atoms with Crippen molar-refractivity contribution >= 4 is 19.9 Å². The first-order valence-electron chi connectivity index (χ1n) is 7.97. The molecule has 0 atom stereocenters. The van der Waals surface area contributed by atoms with Gasteiger partial charge in [0.15, 0.2) is 9.84 Å². The van der Waals surface area contributed by atoms with Gasteiger partial charge >= 0.3 is 0 Å². The van der Waals surface area contributed by atoms with E-state index in [-0.39, 0.29) is 30.8 Å². The lowest BCUT2D eigenvalue weighted by Gasteiger charge is -2.31. The summed E-state index contributed by atoms with van der Waals surface area (Å²) in [5.74, 6) is -2.03. The number of halogens is 2. The van der Waals surface area contributed by atoms with Gasteiger partial charge in [-0.1, -0.05) is 18.2 Å². The molecule has 0 bridgehead atoms. The third-order valence-electron chi connectivity index (χ3n) is 4.42. The first-order chi connectivity index (χ1) is 12.2. The molecule has 140 valence electrons. The van der Waals surface area contributed by atoms with Gasteiger partial charge in [0.25, 0.3) is 0 Å². The topological polar surface area (TPSA) is 71.5 Å². The van der Waals surface area contributed by atoms with Crippen LogP contribution in [0.15, 0.2) is 58.3 Å². The smallest absolute Gasteiger partial charge is 0.223 e. The van der Waals surface area contributed by atoms with E-state index in [0.29, 0.717) is 6.07 Å². The van der Waals surface area contributed by atoms with E-state index in [2.05, 4.69) is 0 Å². The molecule has 0 spiro atoms. The average molecular weight is 401 g/mol. The third-order valence-corrected chi connectivity index (χ3v) is 8.63. The van der Waals surface area contributed by atoms with Crippen molar-refractivity contribution < 1.29 is 25.6 Å². The summed E-state index contributed by atoms with van der Waals surface area (Å²) < 4.78 is 78.3. The van der Waals surface area contributed by atoms with Crippen LogP contribution in [0.5, 0.6) is 0 Å². The minimum Gasteiger partial charge on any atom is -0.223 e. The molecule has 1 aliphatic heterocycles. The van der Waals surface area contributed by atoms with Crippen LogP contribution in [0.3, 0.4) is 0 Å². The van der Waals surface area contributed by atoms with Crippen molar-refractivity contribution in [2.75, 3.05) is 13.1 Å². The monoisotopic (exact) mass is 401 g/mol. The Morgan fingerprint density at radius 1 is 0.885 bits per heavy atom. The molecular weight excluding hydrogens is 384 g/mol. The second kappa shape index (κ2) is 7.05. The summed E-state index contributed by atoms with van der Waals surface area (Å²) in [4.78, 5) is -0.408. The molecule has 0 unspecified atom stereocenters. The van der Waals surface area contributed by atoms with Gasteiger partial charge in [0, 0.05) is 19.2 Å². The van der Waals surface area contributed by atoms with Gasteiger partial charge in [-0.05, 0) is 37.1 Å². The Bertz CT molecular complexity index is 1000. The molecule has 9 heteroatoms. The van der Waals surface area contributed by atoms with E-state index < -0.39 is 41.6 Å². The molecule has 0 radical (unpaired) electrons. The highest BCUT2D eigenvalue weighted by Crippen LogP contribution is 2.28. The number of hydrogen-bond acceptors (Lipinski definition) is 4. The third kappa shape index (κ3) is 3.51. The van der Waals surface area contributed by atoms with Crippen LogP contribution < -0.4 is 0 Å². The van der Waals surface area contributed by atoms with Gasteiger partial charge < -0.3 is 0 Å². The fraction of sp³-hybridized carbons (Fsp3) is 0.294. The molecular formula is C17H17F2NO4S2. The number of piperidine rings is 1. The number of nitrogens with zero attached hydrogens (tertiary/aromatic N) is 1. The molecule has 2 aromatic carbocycles. The van der Waals surface area contributed by atoms with Gasteiger partial charge in [0.2, 0.25) is 10.0 Å². The number of sulfonamides is 1. The molecule has 0 N–H and O–H groups in total. The number of hydrogen-bond donors (Lipinski definition) is 0. The summed E-state index contributed by atoms with van der Waals surface area (Å²) in [7, 11) is -7.70. The number of sulfone groups is 1. The average Bonchev–Trinajstić information content (AvgIpc) is 2.62. The van der Waals surface area contributed by atoms with Crippen LogP contribution in [-0.4, -0.2) is 39.5 Å². The van der Waals surface area contributed by atoms with Crippen molar-refractivity contribution in [2.45, 2.75) is 27.9 Å². The van der Waals surface area contributed by atoms with E-state index in [0.717, 1.165) is 16.4 Å². The summed E-state index contributed by atoms with van der Waals surface area (Å²) in [6.07, 6.45) is 0.221. The Morgan fingerprint density at radius 2 is 1.50 bits per heavy atom. The molecule has 0 aromatic heterocycles. The van der Waals surface area contributed by atoms with Gasteiger partial charge in [0.1, 0.15) is 16.5 Å². The molecule has 2 aromatic rings. The lowest BCUT2D eigenvalue weighted by molar-refractivity contribution is 0.344. The molecule has 1 fully saturated rings. The normalized spacial score (nSPS) is 17.3. The molecule has 1 heterocycles. The van der Waals surface area contributed by atoms with Crippen LogP contribution in [-0.2, 0) is 19.9 Å². The fourth-order valence-corrected chi connectivity index (χ4v) is 6.28. The van der Waals surface area contributed by atoms with Crippen molar-refractivity contribution in [2.24, 2.45) is 0 Å². The zero-order valence-corrected chi connectivity index (χ0v) is 15.3. The zero-order chi connectivity index (χ0) is 18.9. The first-order valence-corrected chi connectivity index (χ1v) is 11.0. The van der Waals surface area contributed by atoms with E-state index in [1.165, 1.54) is 12.1 Å². The van der Waals surface area contributed by atoms with Crippen LogP contribution in [0.4, 0.5) is 8.78 Å². The van der Waals surface area contributed by atoms with Gasteiger partial charge in [-0.15, -0.1) is 0 Å². The molecule has 3 rings (SSSR count). The van der Waals surface area contributed by atoms with Crippen molar-refractivity contribution in [3.8, 4) is 0 Å². The van der Waals surface area contributed by atoms with Gasteiger partial charge in [-0.2, -0.15) is 4.31 Å². The van der Waals surface area contributed by atoms with E-state index in [1.807, 2.05) is 0 Å². The van der Waals surface area contributed by atoms with E-state index in [1.54, 1.807) is 18.2 Å². The minimum atomic E-state index is -4.15. The molecule has 0 aliphatic carbocycles. The van der Waals surface area contributed by atoms with Crippen LogP contribution in [0, 0.1) is 11.6 Å². The van der Waals surface area contributed by atoms with Crippen molar-refractivity contribution in [3.05, 3.63) is 60.2 Å². The van der Waals surface area contributed by atoms with Crippen molar-refractivity contribution in [3.63, 3.8) is 0 Å². The fourth-order valence-electron chi connectivity index (χ4n) is 3.01. The lowest BCUT2D eigenvalue weighted by Crippen LogP contribution is -2.42. The minimum absolute atomic E-state index is 0.0458. The Kier molecular flexibility index (Phi) is 5.14. The van der Waals surface area contributed by atoms with Gasteiger partial charge in [-0.25, -0.2) is 25.6 Å². The van der Waals surface area contributed by atoms with Crippen LogP contribution in [0.25, 0.3) is 0 Å². The van der Waals surface area contributed by atoms with Crippen LogP contribution in [0.1, 0.15) is 12.8 Å². The Hall–Kier alpha value is -1.84. The summed E-state index contributed by atoms with van der Waals surface area (Å²) in [5.41, 5.74) is 0. The standard InChI is InChI=1S/C17H17F2NO4S2/c18-13-6-7-17(16(19)12-13)26(23,24)20-10-8-15(9-11-20)25(21,22)14-4-2-1-3-5-14/h1-7,12,15H,8-11H2. The number of rotatable bonds is 4. The van der Waals surface area contributed by atoms with Crippen molar-refractivity contribution in [1.29, 1.82) is 0 Å². The highest BCUT2D eigenvalue weighted by Gasteiger charge is 2.36. The molecule has 1 aliphatic rings. The Morgan fingerprint density at radius 3 is 2.08 bits per heavy atom. The Labute approximate surface area is 151 Å². The van der Waals surface area contributed by atoms with E-state index >= 15 is 0 Å². The van der Waals surface area contributed by atoms with E-state index in [4.69, 9.17) is 0 Å². The van der Waals surface area contributed by atoms with Gasteiger partial charge in [0.05, 0.1) is 10.1 Å². The zero-order valence-electron chi connectivity index (χ0n) is 13.7. The summed E-state index contributed by atoms with van der Waals surface area (Å²) in [6.45, 7) is -0.0915. The van der Waals surface area contributed by atoms with Crippen molar-refractivity contribution in [1.82, 2.24) is 4.31 Å². The molecule has 1 saturated heterocycles. The SMILES string of the molecule is O=S(=O)(c1ccccc1)C1CCN(S(=O)(=O)c2ccc(F)cc2F)CC1. The molecule has 0 amide bonds. The van der Waals surface area contributed by atoms with Crippen LogP contribution >= 0.6 is 0 Å². The highest BCUT2D eigenvalue weighted by atomic mass is 32.2. The summed E-state index contributed by atoms with van der Waals surface area (Å²) >= 11 is 0. The summed E-state index contributed by atoms with van der Waals surface area (Å²) in [5, 5.41) is -0.700. The first kappa shape index (κ1) is 18.9. The quantitative estimate of drug-likeness (QED) is 0.790. The lowest BCUT2D eigenvalue weighted by atomic mass is 10.2. The Balaban J connectivity index is 1.78. The maximum atomic E-state index is 13.8. The maximum Gasteiger partial charge on any atom is 0.245 e. The second-order valence-corrected chi connectivity index (χ2v) is 10.2. The molecule has 26 heavy (non-hydrogen) atoms. The predicted octanol–water partition coefficient (Wildman–Crippen LogP) is 2.59. The molecule has 5 nitrogen and oxygen atoms in total. The highest BCUT2D eigenvalue weighted by molar-refractivity contribution is 7.92. The van der Waals surface area contributed by atoms with Gasteiger partial charge in [-0.3, -0.25) is 0 Å². The number of benzene rings is 2. The predicted molar refractivity (Wildman–Crippen MR) is 91.8 cm³/mol. The summed E-state index contributed by atoms with van der Waals surface area (Å²) in [6, 6.07) is 10.3. The van der Waals surface area contributed by atoms with Crippen LogP contribution in [0.2, 0.25) is 0 Å². The molecule has 0 saturated carbocycles. The van der Waals surface area contributed by atoms with E-state index in [9.17, 15) is 25.6 Å².